The second kappa shape index (κ2) is 3.33. The molecule has 7 heteroatoms. The van der Waals surface area contributed by atoms with Gasteiger partial charge in [-0.2, -0.15) is 0 Å². The quantitative estimate of drug-likeness (QED) is 0.538. The maximum absolute atomic E-state index is 11.2. The fraction of sp³-hybridized carbons (Fsp3) is 0.800. The van der Waals surface area contributed by atoms with Crippen LogP contribution in [0.2, 0.25) is 0 Å². The van der Waals surface area contributed by atoms with Crippen LogP contribution < -0.4 is 0 Å². The van der Waals surface area contributed by atoms with E-state index in [1.807, 2.05) is 0 Å². The molecular weight excluding hydrogens is 232 g/mol. The first kappa shape index (κ1) is 10.1. The van der Waals surface area contributed by atoms with E-state index in [-0.39, 0.29) is 37.0 Å². The van der Waals surface area contributed by atoms with Gasteiger partial charge in [0.25, 0.3) is 0 Å². The molecule has 0 saturated carbocycles. The van der Waals surface area contributed by atoms with Crippen LogP contribution in [0.15, 0.2) is 0 Å². The molecule has 0 aromatic heterocycles. The SMILES string of the molecule is O=C1COC(OC2OCC(=O)C3OC23)C2OC12. The van der Waals surface area contributed by atoms with Gasteiger partial charge in [-0.05, 0) is 0 Å². The van der Waals surface area contributed by atoms with Gasteiger partial charge in [-0.3, -0.25) is 9.59 Å². The summed E-state index contributed by atoms with van der Waals surface area (Å²) in [5.41, 5.74) is 0. The van der Waals surface area contributed by atoms with Gasteiger partial charge in [0.2, 0.25) is 0 Å². The van der Waals surface area contributed by atoms with Crippen molar-refractivity contribution in [2.45, 2.75) is 37.0 Å². The van der Waals surface area contributed by atoms with Crippen molar-refractivity contribution < 1.29 is 33.3 Å². The first-order valence-electron chi connectivity index (χ1n) is 5.49. The Kier molecular flexibility index (Phi) is 1.98. The zero-order valence-corrected chi connectivity index (χ0v) is 8.74. The molecule has 4 aliphatic heterocycles. The van der Waals surface area contributed by atoms with Gasteiger partial charge >= 0.3 is 0 Å². The third-order valence-corrected chi connectivity index (χ3v) is 3.27. The second-order valence-corrected chi connectivity index (χ2v) is 4.47. The molecule has 4 fully saturated rings. The van der Waals surface area contributed by atoms with Gasteiger partial charge in [0, 0.05) is 0 Å². The number of hydrogen-bond donors (Lipinski definition) is 0. The summed E-state index contributed by atoms with van der Waals surface area (Å²) in [4.78, 5) is 22.4. The topological polar surface area (TPSA) is 86.9 Å². The van der Waals surface area contributed by atoms with Crippen LogP contribution in [0, 0.1) is 0 Å². The summed E-state index contributed by atoms with van der Waals surface area (Å²) in [5, 5.41) is 0. The van der Waals surface area contributed by atoms with Crippen molar-refractivity contribution in [1.29, 1.82) is 0 Å². The van der Waals surface area contributed by atoms with E-state index in [9.17, 15) is 9.59 Å². The molecule has 7 nitrogen and oxygen atoms in total. The van der Waals surface area contributed by atoms with E-state index in [0.717, 1.165) is 0 Å². The third kappa shape index (κ3) is 1.54. The summed E-state index contributed by atoms with van der Waals surface area (Å²) >= 11 is 0. The van der Waals surface area contributed by atoms with Crippen molar-refractivity contribution in [3.8, 4) is 0 Å². The smallest absolute Gasteiger partial charge is 0.190 e. The number of carbonyl (C=O) groups excluding carboxylic acids is 2. The molecule has 4 heterocycles. The van der Waals surface area contributed by atoms with Crippen LogP contribution >= 0.6 is 0 Å². The lowest BCUT2D eigenvalue weighted by Gasteiger charge is -2.25. The molecule has 0 radical (unpaired) electrons. The van der Waals surface area contributed by atoms with Gasteiger partial charge < -0.3 is 23.7 Å². The summed E-state index contributed by atoms with van der Waals surface area (Å²) in [6, 6.07) is 0. The van der Waals surface area contributed by atoms with Crippen LogP contribution in [-0.4, -0.2) is 61.8 Å². The van der Waals surface area contributed by atoms with Crippen LogP contribution in [0.4, 0.5) is 0 Å². The molecule has 0 spiro atoms. The normalized spacial score (nSPS) is 51.8. The Hall–Kier alpha value is -0.860. The Bertz CT molecular complexity index is 358. The highest BCUT2D eigenvalue weighted by molar-refractivity contribution is 5.88. The Balaban J connectivity index is 1.39. The van der Waals surface area contributed by atoms with Crippen molar-refractivity contribution in [1.82, 2.24) is 0 Å². The first-order chi connectivity index (χ1) is 8.24. The predicted octanol–water partition coefficient (Wildman–Crippen LogP) is -1.61. The number of ether oxygens (including phenoxy) is 5. The van der Waals surface area contributed by atoms with Crippen LogP contribution in [0.3, 0.4) is 0 Å². The molecule has 0 aromatic carbocycles. The van der Waals surface area contributed by atoms with Gasteiger partial charge in [0.15, 0.2) is 24.1 Å². The van der Waals surface area contributed by atoms with Crippen molar-refractivity contribution in [2.24, 2.45) is 0 Å². The van der Waals surface area contributed by atoms with Crippen molar-refractivity contribution in [3.05, 3.63) is 0 Å². The Morgan fingerprint density at radius 2 is 1.35 bits per heavy atom. The number of carbonyl (C=O) groups is 2. The van der Waals surface area contributed by atoms with Crippen molar-refractivity contribution >= 4 is 11.6 Å². The lowest BCUT2D eigenvalue weighted by Crippen LogP contribution is -2.43. The molecule has 0 N–H and O–H groups in total. The minimum Gasteiger partial charge on any atom is -0.356 e. The number of fused-ring (bicyclic) bond motifs is 2. The van der Waals surface area contributed by atoms with Gasteiger partial charge in [0.1, 0.15) is 37.6 Å². The van der Waals surface area contributed by atoms with E-state index in [0.29, 0.717) is 0 Å². The molecule has 0 amide bonds. The lowest BCUT2D eigenvalue weighted by molar-refractivity contribution is -0.257. The van der Waals surface area contributed by atoms with E-state index >= 15 is 0 Å². The highest BCUT2D eigenvalue weighted by Gasteiger charge is 2.59. The molecule has 6 unspecified atom stereocenters. The Labute approximate surface area is 95.9 Å². The van der Waals surface area contributed by atoms with E-state index in [1.165, 1.54) is 0 Å². The Morgan fingerprint density at radius 1 is 0.882 bits per heavy atom. The number of hydrogen-bond acceptors (Lipinski definition) is 7. The summed E-state index contributed by atoms with van der Waals surface area (Å²) < 4.78 is 26.3. The molecule has 0 bridgehead atoms. The molecule has 0 aliphatic carbocycles. The molecule has 6 atom stereocenters. The maximum Gasteiger partial charge on any atom is 0.190 e. The predicted molar refractivity (Wildman–Crippen MR) is 47.9 cm³/mol. The number of Topliss-reactive ketones (excluding diaryl/α,β-unsaturated/α-hetero) is 2. The lowest BCUT2D eigenvalue weighted by atomic mass is 10.1. The molecule has 17 heavy (non-hydrogen) atoms. The third-order valence-electron chi connectivity index (χ3n) is 3.27. The molecule has 4 saturated heterocycles. The average Bonchev–Trinajstić information content (AvgIpc) is 3.14. The van der Waals surface area contributed by atoms with Crippen LogP contribution in [0.25, 0.3) is 0 Å². The highest BCUT2D eigenvalue weighted by atomic mass is 16.8. The molecule has 4 aliphatic rings. The minimum absolute atomic E-state index is 0.00750. The monoisotopic (exact) mass is 242 g/mol. The maximum atomic E-state index is 11.2. The minimum atomic E-state index is -0.610. The van der Waals surface area contributed by atoms with Crippen LogP contribution in [0.5, 0.6) is 0 Å². The summed E-state index contributed by atoms with van der Waals surface area (Å²) in [6.07, 6.45) is -2.68. The van der Waals surface area contributed by atoms with Gasteiger partial charge in [-0.1, -0.05) is 0 Å². The molecule has 0 aromatic rings. The van der Waals surface area contributed by atoms with Crippen LogP contribution in [0.1, 0.15) is 0 Å². The zero-order chi connectivity index (χ0) is 11.6. The number of ketones is 2. The second-order valence-electron chi connectivity index (χ2n) is 4.47. The van der Waals surface area contributed by atoms with E-state index in [4.69, 9.17) is 23.7 Å². The Morgan fingerprint density at radius 3 is 1.82 bits per heavy atom. The number of epoxide rings is 2. The standard InChI is InChI=1S/C10H10O7/c11-3-1-13-9(7-5(3)15-7)17-10-8-6(16-8)4(12)2-14-10/h5-10H,1-2H2. The van der Waals surface area contributed by atoms with E-state index in [2.05, 4.69) is 0 Å². The zero-order valence-electron chi connectivity index (χ0n) is 8.74. The van der Waals surface area contributed by atoms with Gasteiger partial charge in [-0.15, -0.1) is 0 Å². The molecule has 92 valence electrons. The molecular formula is C10H10O7. The van der Waals surface area contributed by atoms with Crippen molar-refractivity contribution in [2.75, 3.05) is 13.2 Å². The average molecular weight is 242 g/mol. The highest BCUT2D eigenvalue weighted by Crippen LogP contribution is 2.37. The van der Waals surface area contributed by atoms with Gasteiger partial charge in [-0.25, -0.2) is 0 Å². The van der Waals surface area contributed by atoms with E-state index in [1.54, 1.807) is 0 Å². The van der Waals surface area contributed by atoms with Crippen LogP contribution in [-0.2, 0) is 33.3 Å². The fourth-order valence-electron chi connectivity index (χ4n) is 2.23. The summed E-state index contributed by atoms with van der Waals surface area (Å²) in [7, 11) is 0. The summed E-state index contributed by atoms with van der Waals surface area (Å²) in [6.45, 7) is -0.0150. The van der Waals surface area contributed by atoms with Gasteiger partial charge in [0.05, 0.1) is 0 Å². The summed E-state index contributed by atoms with van der Waals surface area (Å²) in [5.74, 6) is -0.120. The van der Waals surface area contributed by atoms with E-state index < -0.39 is 24.8 Å². The largest absolute Gasteiger partial charge is 0.356 e. The number of rotatable bonds is 2. The fourth-order valence-corrected chi connectivity index (χ4v) is 2.23. The first-order valence-corrected chi connectivity index (χ1v) is 5.49. The van der Waals surface area contributed by atoms with Crippen molar-refractivity contribution in [3.63, 3.8) is 0 Å². The molecule has 4 rings (SSSR count).